The van der Waals surface area contributed by atoms with Gasteiger partial charge in [-0.05, 0) is 17.7 Å². The number of thiazole rings is 1. The van der Waals surface area contributed by atoms with E-state index in [-0.39, 0.29) is 5.82 Å². The quantitative estimate of drug-likeness (QED) is 0.857. The van der Waals surface area contributed by atoms with Crippen LogP contribution in [-0.2, 0) is 6.54 Å². The lowest BCUT2D eigenvalue weighted by Gasteiger charge is -2.11. The molecule has 0 saturated heterocycles. The second-order valence-electron chi connectivity index (χ2n) is 4.70. The van der Waals surface area contributed by atoms with Gasteiger partial charge in [0.2, 0.25) is 0 Å². The lowest BCUT2D eigenvalue weighted by Crippen LogP contribution is -2.20. The van der Waals surface area contributed by atoms with Crippen LogP contribution >= 0.6 is 11.3 Å². The SMILES string of the molecule is CN(C)c1ncc(CNC[C@@H](O)c2ccc(F)cc2)s1. The summed E-state index contributed by atoms with van der Waals surface area (Å²) in [5, 5.41) is 14.1. The highest BCUT2D eigenvalue weighted by Gasteiger charge is 2.08. The van der Waals surface area contributed by atoms with Crippen LogP contribution in [0.5, 0.6) is 0 Å². The molecule has 1 heterocycles. The minimum Gasteiger partial charge on any atom is -0.387 e. The molecule has 0 aliphatic carbocycles. The van der Waals surface area contributed by atoms with E-state index < -0.39 is 6.10 Å². The summed E-state index contributed by atoms with van der Waals surface area (Å²) in [6.45, 7) is 1.07. The van der Waals surface area contributed by atoms with E-state index in [1.54, 1.807) is 23.5 Å². The molecule has 108 valence electrons. The topological polar surface area (TPSA) is 48.4 Å². The lowest BCUT2D eigenvalue weighted by molar-refractivity contribution is 0.174. The third-order valence-electron chi connectivity index (χ3n) is 2.82. The fourth-order valence-electron chi connectivity index (χ4n) is 1.72. The van der Waals surface area contributed by atoms with Gasteiger partial charge in [-0.25, -0.2) is 9.37 Å². The van der Waals surface area contributed by atoms with E-state index in [9.17, 15) is 9.50 Å². The van der Waals surface area contributed by atoms with Crippen molar-refractivity contribution in [3.63, 3.8) is 0 Å². The van der Waals surface area contributed by atoms with Gasteiger partial charge in [-0.2, -0.15) is 0 Å². The zero-order valence-electron chi connectivity index (χ0n) is 11.5. The van der Waals surface area contributed by atoms with Crippen molar-refractivity contribution in [1.29, 1.82) is 0 Å². The Kier molecular flexibility index (Phi) is 5.05. The third kappa shape index (κ3) is 4.00. The number of hydrogen-bond donors (Lipinski definition) is 2. The molecule has 0 bridgehead atoms. The first kappa shape index (κ1) is 14.9. The van der Waals surface area contributed by atoms with E-state index in [1.807, 2.05) is 25.2 Å². The molecular weight excluding hydrogens is 277 g/mol. The predicted molar refractivity (Wildman–Crippen MR) is 79.5 cm³/mol. The highest BCUT2D eigenvalue weighted by Crippen LogP contribution is 2.20. The van der Waals surface area contributed by atoms with Crippen molar-refractivity contribution < 1.29 is 9.50 Å². The number of hydrogen-bond acceptors (Lipinski definition) is 5. The first-order valence-corrected chi connectivity index (χ1v) is 7.14. The van der Waals surface area contributed by atoms with Gasteiger partial charge in [0.25, 0.3) is 0 Å². The normalized spacial score (nSPS) is 12.4. The lowest BCUT2D eigenvalue weighted by atomic mass is 10.1. The van der Waals surface area contributed by atoms with Gasteiger partial charge in [-0.1, -0.05) is 12.1 Å². The number of rotatable bonds is 6. The van der Waals surface area contributed by atoms with Gasteiger partial charge in [0.1, 0.15) is 5.82 Å². The van der Waals surface area contributed by atoms with E-state index in [0.29, 0.717) is 18.7 Å². The van der Waals surface area contributed by atoms with Crippen LogP contribution in [0.1, 0.15) is 16.5 Å². The Balaban J connectivity index is 1.81. The van der Waals surface area contributed by atoms with Crippen molar-refractivity contribution in [3.05, 3.63) is 46.7 Å². The first-order chi connectivity index (χ1) is 9.56. The molecule has 0 radical (unpaired) electrons. The first-order valence-electron chi connectivity index (χ1n) is 6.32. The van der Waals surface area contributed by atoms with E-state index in [2.05, 4.69) is 10.3 Å². The summed E-state index contributed by atoms with van der Waals surface area (Å²) < 4.78 is 12.8. The fraction of sp³-hybridized carbons (Fsp3) is 0.357. The van der Waals surface area contributed by atoms with Gasteiger partial charge in [0.15, 0.2) is 5.13 Å². The van der Waals surface area contributed by atoms with Crippen molar-refractivity contribution in [1.82, 2.24) is 10.3 Å². The van der Waals surface area contributed by atoms with Gasteiger partial charge in [-0.3, -0.25) is 0 Å². The Morgan fingerprint density at radius 1 is 1.35 bits per heavy atom. The van der Waals surface area contributed by atoms with Crippen molar-refractivity contribution in [2.45, 2.75) is 12.6 Å². The maximum absolute atomic E-state index is 12.8. The zero-order chi connectivity index (χ0) is 14.5. The average molecular weight is 295 g/mol. The summed E-state index contributed by atoms with van der Waals surface area (Å²) in [5.74, 6) is -0.296. The molecule has 1 aromatic carbocycles. The summed E-state index contributed by atoms with van der Waals surface area (Å²) in [5.41, 5.74) is 0.706. The summed E-state index contributed by atoms with van der Waals surface area (Å²) in [6, 6.07) is 5.90. The maximum Gasteiger partial charge on any atom is 0.185 e. The van der Waals surface area contributed by atoms with Crippen LogP contribution in [0.25, 0.3) is 0 Å². The number of nitrogens with one attached hydrogen (secondary N) is 1. The highest BCUT2D eigenvalue weighted by atomic mass is 32.1. The molecule has 1 atom stereocenters. The predicted octanol–water partition coefficient (Wildman–Crippen LogP) is 2.17. The molecule has 2 aromatic rings. The minimum absolute atomic E-state index is 0.296. The van der Waals surface area contributed by atoms with Crippen molar-refractivity contribution >= 4 is 16.5 Å². The largest absolute Gasteiger partial charge is 0.387 e. The van der Waals surface area contributed by atoms with Crippen LogP contribution in [0, 0.1) is 5.82 Å². The second kappa shape index (κ2) is 6.78. The Morgan fingerprint density at radius 3 is 2.65 bits per heavy atom. The van der Waals surface area contributed by atoms with Crippen LogP contribution in [0.4, 0.5) is 9.52 Å². The maximum atomic E-state index is 12.8. The molecule has 6 heteroatoms. The van der Waals surface area contributed by atoms with Crippen LogP contribution < -0.4 is 10.2 Å². The molecule has 0 aliphatic heterocycles. The van der Waals surface area contributed by atoms with Crippen LogP contribution in [0.2, 0.25) is 0 Å². The Labute approximate surface area is 121 Å². The van der Waals surface area contributed by atoms with Crippen molar-refractivity contribution in [3.8, 4) is 0 Å². The van der Waals surface area contributed by atoms with Crippen LogP contribution in [-0.4, -0.2) is 30.7 Å². The summed E-state index contributed by atoms with van der Waals surface area (Å²) in [6.07, 6.45) is 1.19. The van der Waals surface area contributed by atoms with Crippen LogP contribution in [0.15, 0.2) is 30.5 Å². The second-order valence-corrected chi connectivity index (χ2v) is 5.80. The third-order valence-corrected chi connectivity index (χ3v) is 3.98. The van der Waals surface area contributed by atoms with Gasteiger partial charge in [0.05, 0.1) is 6.10 Å². The molecule has 2 rings (SSSR count). The van der Waals surface area contributed by atoms with Crippen molar-refractivity contribution in [2.75, 3.05) is 25.5 Å². The van der Waals surface area contributed by atoms with E-state index in [4.69, 9.17) is 0 Å². The van der Waals surface area contributed by atoms with Crippen LogP contribution in [0.3, 0.4) is 0 Å². The molecule has 20 heavy (non-hydrogen) atoms. The molecular formula is C14H18FN3OS. The molecule has 0 fully saturated rings. The molecule has 0 spiro atoms. The number of aliphatic hydroxyl groups excluding tert-OH is 1. The number of halogens is 1. The summed E-state index contributed by atoms with van der Waals surface area (Å²) >= 11 is 1.61. The average Bonchev–Trinajstić information content (AvgIpc) is 2.88. The zero-order valence-corrected chi connectivity index (χ0v) is 12.3. The fourth-order valence-corrected chi connectivity index (χ4v) is 2.52. The van der Waals surface area contributed by atoms with E-state index >= 15 is 0 Å². The monoisotopic (exact) mass is 295 g/mol. The Morgan fingerprint density at radius 2 is 2.05 bits per heavy atom. The Bertz CT molecular complexity index is 542. The molecule has 1 aromatic heterocycles. The van der Waals surface area contributed by atoms with E-state index in [0.717, 1.165) is 10.0 Å². The van der Waals surface area contributed by atoms with Gasteiger partial charge in [0, 0.05) is 38.3 Å². The molecule has 0 saturated carbocycles. The molecule has 4 nitrogen and oxygen atoms in total. The smallest absolute Gasteiger partial charge is 0.185 e. The van der Waals surface area contributed by atoms with Gasteiger partial charge < -0.3 is 15.3 Å². The van der Waals surface area contributed by atoms with Crippen molar-refractivity contribution in [2.24, 2.45) is 0 Å². The number of aliphatic hydroxyl groups is 1. The molecule has 0 unspecified atom stereocenters. The van der Waals surface area contributed by atoms with Gasteiger partial charge >= 0.3 is 0 Å². The minimum atomic E-state index is -0.642. The summed E-state index contributed by atoms with van der Waals surface area (Å²) in [4.78, 5) is 7.35. The highest BCUT2D eigenvalue weighted by molar-refractivity contribution is 7.15. The number of nitrogens with zero attached hydrogens (tertiary/aromatic N) is 2. The standard InChI is InChI=1S/C14H18FN3OS/c1-18(2)14-17-8-12(20-14)7-16-9-13(19)10-3-5-11(15)6-4-10/h3-6,8,13,16,19H,7,9H2,1-2H3/t13-/m1/s1. The molecule has 2 N–H and O–H groups in total. The Hall–Kier alpha value is -1.50. The summed E-state index contributed by atoms with van der Waals surface area (Å²) in [7, 11) is 3.91. The van der Waals surface area contributed by atoms with E-state index in [1.165, 1.54) is 12.1 Å². The number of anilines is 1. The number of benzene rings is 1. The number of aromatic nitrogens is 1. The molecule has 0 aliphatic rings. The van der Waals surface area contributed by atoms with Gasteiger partial charge in [-0.15, -0.1) is 11.3 Å². The molecule has 0 amide bonds.